The Hall–Kier alpha value is -1.94. The molecule has 0 radical (unpaired) electrons. The molecule has 0 heterocycles. The first kappa shape index (κ1) is 14.0. The quantitative estimate of drug-likeness (QED) is 0.891. The summed E-state index contributed by atoms with van der Waals surface area (Å²) >= 11 is 5.86. The molecule has 3 rings (SSSR count). The smallest absolute Gasteiger partial charge is 0.254 e. The summed E-state index contributed by atoms with van der Waals surface area (Å²) in [5.74, 6) is -1.45. The molecule has 5 heteroatoms. The minimum absolute atomic E-state index is 0.0200. The molecule has 2 aromatic rings. The van der Waals surface area contributed by atoms with Gasteiger partial charge in [-0.05, 0) is 48.2 Å². The lowest BCUT2D eigenvalue weighted by Crippen LogP contribution is -2.27. The highest BCUT2D eigenvalue weighted by Gasteiger charge is 2.27. The average Bonchev–Trinajstić information content (AvgIpc) is 2.82. The van der Waals surface area contributed by atoms with Crippen LogP contribution in [0.1, 0.15) is 33.9 Å². The first-order valence-corrected chi connectivity index (χ1v) is 6.97. The number of rotatable bonds is 2. The fourth-order valence-electron chi connectivity index (χ4n) is 2.67. The zero-order chi connectivity index (χ0) is 15.0. The second-order valence-corrected chi connectivity index (χ2v) is 5.44. The number of carbonyl (C=O) groups is 1. The topological polar surface area (TPSA) is 29.1 Å². The molecule has 21 heavy (non-hydrogen) atoms. The molecule has 2 aromatic carbocycles. The van der Waals surface area contributed by atoms with Crippen molar-refractivity contribution in [1.82, 2.24) is 5.32 Å². The van der Waals surface area contributed by atoms with Gasteiger partial charge in [-0.1, -0.05) is 23.7 Å². The van der Waals surface area contributed by atoms with Crippen LogP contribution in [0.3, 0.4) is 0 Å². The fourth-order valence-corrected chi connectivity index (χ4v) is 2.89. The predicted molar refractivity (Wildman–Crippen MR) is 76.3 cm³/mol. The third-order valence-electron chi connectivity index (χ3n) is 3.68. The van der Waals surface area contributed by atoms with E-state index in [9.17, 15) is 13.6 Å². The summed E-state index contributed by atoms with van der Waals surface area (Å²) in [5.41, 5.74) is 1.22. The number of carbonyl (C=O) groups excluding carboxylic acids is 1. The summed E-state index contributed by atoms with van der Waals surface area (Å²) < 4.78 is 27.4. The highest BCUT2D eigenvalue weighted by Crippen LogP contribution is 2.35. The number of hydrogen-bond acceptors (Lipinski definition) is 1. The lowest BCUT2D eigenvalue weighted by molar-refractivity contribution is 0.0932. The highest BCUT2D eigenvalue weighted by molar-refractivity contribution is 6.30. The number of benzene rings is 2. The van der Waals surface area contributed by atoms with E-state index in [1.54, 1.807) is 12.1 Å². The van der Waals surface area contributed by atoms with Crippen LogP contribution in [0.15, 0.2) is 36.4 Å². The van der Waals surface area contributed by atoms with E-state index >= 15 is 0 Å². The Morgan fingerprint density at radius 1 is 1.19 bits per heavy atom. The second kappa shape index (κ2) is 5.45. The van der Waals surface area contributed by atoms with Crippen LogP contribution in [0.2, 0.25) is 5.02 Å². The van der Waals surface area contributed by atoms with E-state index in [1.165, 1.54) is 24.3 Å². The van der Waals surface area contributed by atoms with E-state index in [1.807, 2.05) is 0 Å². The predicted octanol–water partition coefficient (Wildman–Crippen LogP) is 4.04. The zero-order valence-electron chi connectivity index (χ0n) is 11.0. The number of fused-ring (bicyclic) bond motifs is 1. The zero-order valence-corrected chi connectivity index (χ0v) is 11.8. The van der Waals surface area contributed by atoms with Gasteiger partial charge in [0.25, 0.3) is 5.91 Å². The number of halogens is 3. The van der Waals surface area contributed by atoms with Gasteiger partial charge in [0, 0.05) is 5.02 Å². The van der Waals surface area contributed by atoms with Gasteiger partial charge in [0.15, 0.2) is 0 Å². The molecule has 108 valence electrons. The largest absolute Gasteiger partial charge is 0.345 e. The van der Waals surface area contributed by atoms with Gasteiger partial charge in [-0.15, -0.1) is 0 Å². The summed E-state index contributed by atoms with van der Waals surface area (Å²) in [7, 11) is 0. The van der Waals surface area contributed by atoms with Crippen molar-refractivity contribution in [3.8, 4) is 0 Å². The van der Waals surface area contributed by atoms with Gasteiger partial charge in [0.05, 0.1) is 11.6 Å². The molecule has 0 fully saturated rings. The van der Waals surface area contributed by atoms with Gasteiger partial charge >= 0.3 is 0 Å². The standard InChI is InChI=1S/C16H12ClF2NO/c17-9-7-12-10(14(19)8-9)5-6-15(12)20-16(21)11-3-1-2-4-13(11)18/h1-4,7-8,15H,5-6H2,(H,20,21)/t15-/m1/s1. The molecule has 0 saturated heterocycles. The van der Waals surface area contributed by atoms with Crippen molar-refractivity contribution in [3.63, 3.8) is 0 Å². The van der Waals surface area contributed by atoms with Crippen molar-refractivity contribution in [2.75, 3.05) is 0 Å². The van der Waals surface area contributed by atoms with Crippen molar-refractivity contribution in [2.24, 2.45) is 0 Å². The summed E-state index contributed by atoms with van der Waals surface area (Å²) in [6, 6.07) is 8.33. The van der Waals surface area contributed by atoms with Crippen LogP contribution in [0.5, 0.6) is 0 Å². The lowest BCUT2D eigenvalue weighted by Gasteiger charge is -2.15. The molecule has 0 saturated carbocycles. The molecule has 1 atom stereocenters. The van der Waals surface area contributed by atoms with E-state index in [-0.39, 0.29) is 17.4 Å². The minimum atomic E-state index is -0.578. The van der Waals surface area contributed by atoms with Gasteiger partial charge in [0.2, 0.25) is 0 Å². The van der Waals surface area contributed by atoms with Gasteiger partial charge in [-0.3, -0.25) is 4.79 Å². The van der Waals surface area contributed by atoms with Crippen molar-refractivity contribution < 1.29 is 13.6 Å². The maximum absolute atomic E-state index is 13.8. The molecule has 1 amide bonds. The fraction of sp³-hybridized carbons (Fsp3) is 0.188. The Labute approximate surface area is 125 Å². The summed E-state index contributed by atoms with van der Waals surface area (Å²) in [5, 5.41) is 3.03. The molecule has 0 aromatic heterocycles. The molecule has 1 aliphatic carbocycles. The normalized spacial score (nSPS) is 16.6. The SMILES string of the molecule is O=C(N[C@@H]1CCc2c(F)cc(Cl)cc21)c1ccccc1F. The molecule has 1 N–H and O–H groups in total. The van der Waals surface area contributed by atoms with Gasteiger partial charge in [0.1, 0.15) is 11.6 Å². The van der Waals surface area contributed by atoms with Gasteiger partial charge in [-0.2, -0.15) is 0 Å². The van der Waals surface area contributed by atoms with Crippen molar-refractivity contribution >= 4 is 17.5 Å². The Morgan fingerprint density at radius 3 is 2.71 bits per heavy atom. The second-order valence-electron chi connectivity index (χ2n) is 5.00. The van der Waals surface area contributed by atoms with E-state index in [0.29, 0.717) is 29.0 Å². The summed E-state index contributed by atoms with van der Waals surface area (Å²) in [6.07, 6.45) is 1.10. The third kappa shape index (κ3) is 2.63. The van der Waals surface area contributed by atoms with E-state index in [0.717, 1.165) is 0 Å². The van der Waals surface area contributed by atoms with Crippen LogP contribution in [-0.4, -0.2) is 5.91 Å². The monoisotopic (exact) mass is 307 g/mol. The maximum atomic E-state index is 13.8. The Balaban J connectivity index is 1.86. The van der Waals surface area contributed by atoms with Crippen LogP contribution in [0.25, 0.3) is 0 Å². The molecule has 2 nitrogen and oxygen atoms in total. The van der Waals surface area contributed by atoms with Crippen molar-refractivity contribution in [1.29, 1.82) is 0 Å². The first-order chi connectivity index (χ1) is 10.1. The molecule has 0 spiro atoms. The first-order valence-electron chi connectivity index (χ1n) is 6.59. The molecular weight excluding hydrogens is 296 g/mol. The minimum Gasteiger partial charge on any atom is -0.345 e. The highest BCUT2D eigenvalue weighted by atomic mass is 35.5. The van der Waals surface area contributed by atoms with Crippen LogP contribution in [0.4, 0.5) is 8.78 Å². The number of nitrogens with one attached hydrogen (secondary N) is 1. The number of hydrogen-bond donors (Lipinski definition) is 1. The Bertz CT molecular complexity index is 717. The number of amides is 1. The lowest BCUT2D eigenvalue weighted by atomic mass is 10.1. The van der Waals surface area contributed by atoms with Crippen LogP contribution < -0.4 is 5.32 Å². The van der Waals surface area contributed by atoms with Crippen LogP contribution in [0, 0.1) is 11.6 Å². The van der Waals surface area contributed by atoms with Crippen molar-refractivity contribution in [2.45, 2.75) is 18.9 Å². The van der Waals surface area contributed by atoms with Crippen LogP contribution in [-0.2, 0) is 6.42 Å². The van der Waals surface area contributed by atoms with E-state index < -0.39 is 11.7 Å². The molecule has 1 aliphatic rings. The van der Waals surface area contributed by atoms with Gasteiger partial charge in [-0.25, -0.2) is 8.78 Å². The van der Waals surface area contributed by atoms with Crippen molar-refractivity contribution in [3.05, 3.63) is 69.7 Å². The molecule has 0 bridgehead atoms. The molecule has 0 aliphatic heterocycles. The molecular formula is C16H12ClF2NO. The third-order valence-corrected chi connectivity index (χ3v) is 3.90. The Morgan fingerprint density at radius 2 is 1.95 bits per heavy atom. The Kier molecular flexibility index (Phi) is 3.64. The maximum Gasteiger partial charge on any atom is 0.254 e. The average molecular weight is 308 g/mol. The summed E-state index contributed by atoms with van der Waals surface area (Å²) in [4.78, 5) is 12.1. The van der Waals surface area contributed by atoms with E-state index in [2.05, 4.69) is 5.32 Å². The van der Waals surface area contributed by atoms with Gasteiger partial charge < -0.3 is 5.32 Å². The molecule has 0 unspecified atom stereocenters. The van der Waals surface area contributed by atoms with Crippen LogP contribution >= 0.6 is 11.6 Å². The van der Waals surface area contributed by atoms with E-state index in [4.69, 9.17) is 11.6 Å². The summed E-state index contributed by atoms with van der Waals surface area (Å²) in [6.45, 7) is 0.